The first-order valence-corrected chi connectivity index (χ1v) is 11.3. The summed E-state index contributed by atoms with van der Waals surface area (Å²) in [6, 6.07) is 26.1. The molecule has 0 spiro atoms. The van der Waals surface area contributed by atoms with Crippen LogP contribution >= 0.6 is 0 Å². The van der Waals surface area contributed by atoms with Crippen molar-refractivity contribution in [1.82, 2.24) is 5.32 Å². The highest BCUT2D eigenvalue weighted by molar-refractivity contribution is 6.08. The number of nitrogens with one attached hydrogen (secondary N) is 1. The van der Waals surface area contributed by atoms with Crippen LogP contribution in [0.4, 0.5) is 5.69 Å². The van der Waals surface area contributed by atoms with Crippen molar-refractivity contribution in [3.8, 4) is 0 Å². The van der Waals surface area contributed by atoms with Crippen molar-refractivity contribution < 1.29 is 9.59 Å². The second-order valence-corrected chi connectivity index (χ2v) is 9.02. The Hall–Kier alpha value is -3.66. The molecule has 2 amide bonds. The molecule has 3 aromatic rings. The van der Waals surface area contributed by atoms with Gasteiger partial charge in [0.15, 0.2) is 0 Å². The molecule has 0 radical (unpaired) electrons. The van der Waals surface area contributed by atoms with E-state index < -0.39 is 11.6 Å². The van der Waals surface area contributed by atoms with E-state index in [0.717, 1.165) is 17.5 Å². The topological polar surface area (TPSA) is 49.4 Å². The SMILES string of the molecule is CCc1ccc(N(C(=O)/C=C/c2ccccc2)C(C(=O)NC(C)(C)C)c2ccccc2)cc1. The summed E-state index contributed by atoms with van der Waals surface area (Å²) in [5, 5.41) is 3.06. The molecule has 33 heavy (non-hydrogen) atoms. The van der Waals surface area contributed by atoms with E-state index in [1.165, 1.54) is 11.6 Å². The Bertz CT molecular complexity index is 1080. The van der Waals surface area contributed by atoms with Crippen molar-refractivity contribution in [2.24, 2.45) is 0 Å². The quantitative estimate of drug-likeness (QED) is 0.462. The first-order chi connectivity index (χ1) is 15.8. The largest absolute Gasteiger partial charge is 0.349 e. The number of nitrogens with zero attached hydrogens (tertiary/aromatic N) is 1. The van der Waals surface area contributed by atoms with E-state index in [1.54, 1.807) is 11.0 Å². The van der Waals surface area contributed by atoms with Gasteiger partial charge in [0.1, 0.15) is 6.04 Å². The summed E-state index contributed by atoms with van der Waals surface area (Å²) in [6.45, 7) is 7.89. The molecule has 4 nitrogen and oxygen atoms in total. The Morgan fingerprint density at radius 1 is 0.879 bits per heavy atom. The van der Waals surface area contributed by atoms with E-state index >= 15 is 0 Å². The number of anilines is 1. The minimum atomic E-state index is -0.814. The minimum Gasteiger partial charge on any atom is -0.349 e. The lowest BCUT2D eigenvalue weighted by Gasteiger charge is -2.33. The highest BCUT2D eigenvalue weighted by atomic mass is 16.2. The van der Waals surface area contributed by atoms with Crippen LogP contribution in [0.3, 0.4) is 0 Å². The number of aryl methyl sites for hydroxylation is 1. The van der Waals surface area contributed by atoms with Crippen molar-refractivity contribution in [2.45, 2.75) is 45.7 Å². The molecule has 4 heteroatoms. The molecule has 0 heterocycles. The van der Waals surface area contributed by atoms with Gasteiger partial charge in [0.05, 0.1) is 0 Å². The fourth-order valence-corrected chi connectivity index (χ4v) is 3.60. The Morgan fingerprint density at radius 3 is 2.00 bits per heavy atom. The average Bonchev–Trinajstić information content (AvgIpc) is 2.81. The molecule has 3 rings (SSSR count). The van der Waals surface area contributed by atoms with Crippen LogP contribution in [0.2, 0.25) is 0 Å². The molecular formula is C29H32N2O2. The summed E-state index contributed by atoms with van der Waals surface area (Å²) in [7, 11) is 0. The molecule has 0 aliphatic rings. The van der Waals surface area contributed by atoms with E-state index in [2.05, 4.69) is 12.2 Å². The number of rotatable bonds is 7. The van der Waals surface area contributed by atoms with E-state index in [0.29, 0.717) is 5.69 Å². The number of amides is 2. The highest BCUT2D eigenvalue weighted by Crippen LogP contribution is 2.29. The number of carbonyl (C=O) groups excluding carboxylic acids is 2. The zero-order valence-electron chi connectivity index (χ0n) is 19.8. The molecule has 1 atom stereocenters. The third kappa shape index (κ3) is 6.66. The molecule has 3 aromatic carbocycles. The number of hydrogen-bond acceptors (Lipinski definition) is 2. The Morgan fingerprint density at radius 2 is 1.45 bits per heavy atom. The Labute approximate surface area is 197 Å². The summed E-state index contributed by atoms with van der Waals surface area (Å²) in [6.07, 6.45) is 4.21. The van der Waals surface area contributed by atoms with Gasteiger partial charge in [0.2, 0.25) is 5.91 Å². The molecule has 0 bridgehead atoms. The smallest absolute Gasteiger partial charge is 0.252 e. The van der Waals surface area contributed by atoms with Gasteiger partial charge in [-0.2, -0.15) is 0 Å². The van der Waals surface area contributed by atoms with Crippen molar-refractivity contribution in [3.05, 3.63) is 108 Å². The summed E-state index contributed by atoms with van der Waals surface area (Å²) in [5.74, 6) is -0.490. The number of carbonyl (C=O) groups is 2. The van der Waals surface area contributed by atoms with Crippen LogP contribution in [0.15, 0.2) is 91.0 Å². The minimum absolute atomic E-state index is 0.227. The lowest BCUT2D eigenvalue weighted by Crippen LogP contribution is -2.49. The van der Waals surface area contributed by atoms with Gasteiger partial charge in [-0.25, -0.2) is 0 Å². The monoisotopic (exact) mass is 440 g/mol. The van der Waals surface area contributed by atoms with Gasteiger partial charge < -0.3 is 5.32 Å². The summed E-state index contributed by atoms with van der Waals surface area (Å²) in [4.78, 5) is 28.7. The second-order valence-electron chi connectivity index (χ2n) is 9.02. The molecule has 1 unspecified atom stereocenters. The van der Waals surface area contributed by atoms with E-state index in [9.17, 15) is 9.59 Å². The first-order valence-electron chi connectivity index (χ1n) is 11.3. The molecule has 0 aromatic heterocycles. The molecular weight excluding hydrogens is 408 g/mol. The summed E-state index contributed by atoms with van der Waals surface area (Å²) < 4.78 is 0. The van der Waals surface area contributed by atoms with Gasteiger partial charge in [0.25, 0.3) is 5.91 Å². The van der Waals surface area contributed by atoms with Crippen LogP contribution in [0.25, 0.3) is 6.08 Å². The van der Waals surface area contributed by atoms with Crippen LogP contribution in [0, 0.1) is 0 Å². The molecule has 0 saturated heterocycles. The maximum atomic E-state index is 13.6. The maximum absolute atomic E-state index is 13.6. The highest BCUT2D eigenvalue weighted by Gasteiger charge is 2.33. The van der Waals surface area contributed by atoms with Gasteiger partial charge in [-0.05, 0) is 62.1 Å². The van der Waals surface area contributed by atoms with E-state index in [1.807, 2.05) is 106 Å². The second kappa shape index (κ2) is 10.8. The van der Waals surface area contributed by atoms with Crippen LogP contribution in [0.5, 0.6) is 0 Å². The van der Waals surface area contributed by atoms with Crippen LogP contribution < -0.4 is 10.2 Å². The normalized spacial score (nSPS) is 12.4. The van der Waals surface area contributed by atoms with Crippen LogP contribution in [0.1, 0.15) is 50.4 Å². The van der Waals surface area contributed by atoms with Crippen LogP contribution in [-0.4, -0.2) is 17.4 Å². The summed E-state index contributed by atoms with van der Waals surface area (Å²) in [5.41, 5.74) is 3.07. The lowest BCUT2D eigenvalue weighted by molar-refractivity contribution is -0.126. The molecule has 1 N–H and O–H groups in total. The fourth-order valence-electron chi connectivity index (χ4n) is 3.60. The maximum Gasteiger partial charge on any atom is 0.252 e. The molecule has 0 fully saturated rings. The van der Waals surface area contributed by atoms with Gasteiger partial charge in [-0.15, -0.1) is 0 Å². The zero-order chi connectivity index (χ0) is 23.8. The molecule has 0 saturated carbocycles. The third-order valence-electron chi connectivity index (χ3n) is 5.20. The van der Waals surface area contributed by atoms with Gasteiger partial charge in [-0.3, -0.25) is 14.5 Å². The van der Waals surface area contributed by atoms with Gasteiger partial charge in [0, 0.05) is 17.3 Å². The standard InChI is InChI=1S/C29H32N2O2/c1-5-22-16-19-25(20-17-22)31(26(32)21-18-23-12-8-6-9-13-23)27(24-14-10-7-11-15-24)28(33)30-29(2,3)4/h6-21,27H,5H2,1-4H3,(H,30,33)/b21-18+. The molecule has 170 valence electrons. The van der Waals surface area contributed by atoms with E-state index in [4.69, 9.17) is 0 Å². The summed E-state index contributed by atoms with van der Waals surface area (Å²) >= 11 is 0. The average molecular weight is 441 g/mol. The number of hydrogen-bond donors (Lipinski definition) is 1. The van der Waals surface area contributed by atoms with Crippen molar-refractivity contribution in [1.29, 1.82) is 0 Å². The van der Waals surface area contributed by atoms with Crippen molar-refractivity contribution in [2.75, 3.05) is 4.90 Å². The van der Waals surface area contributed by atoms with Crippen molar-refractivity contribution in [3.63, 3.8) is 0 Å². The lowest BCUT2D eigenvalue weighted by atomic mass is 10.0. The van der Waals surface area contributed by atoms with Crippen LogP contribution in [-0.2, 0) is 16.0 Å². The van der Waals surface area contributed by atoms with Gasteiger partial charge >= 0.3 is 0 Å². The van der Waals surface area contributed by atoms with E-state index in [-0.39, 0.29) is 11.8 Å². The Kier molecular flexibility index (Phi) is 7.83. The molecule has 0 aliphatic carbocycles. The Balaban J connectivity index is 2.09. The number of benzene rings is 3. The van der Waals surface area contributed by atoms with Gasteiger partial charge in [-0.1, -0.05) is 79.7 Å². The predicted molar refractivity (Wildman–Crippen MR) is 136 cm³/mol. The zero-order valence-corrected chi connectivity index (χ0v) is 19.8. The molecule has 0 aliphatic heterocycles. The van der Waals surface area contributed by atoms with Crippen molar-refractivity contribution >= 4 is 23.6 Å². The fraction of sp³-hybridized carbons (Fsp3) is 0.241. The third-order valence-corrected chi connectivity index (χ3v) is 5.20. The first kappa shape index (κ1) is 24.0. The predicted octanol–water partition coefficient (Wildman–Crippen LogP) is 5.95.